The molecule has 2 N–H and O–H groups in total. The quantitative estimate of drug-likeness (QED) is 0.759. The molecule has 0 bridgehead atoms. The molecule has 3 nitrogen and oxygen atoms in total. The highest BCUT2D eigenvalue weighted by molar-refractivity contribution is 14.1. The van der Waals surface area contributed by atoms with E-state index < -0.39 is 6.10 Å². The van der Waals surface area contributed by atoms with Crippen molar-refractivity contribution in [2.45, 2.75) is 12.5 Å². The Morgan fingerprint density at radius 2 is 2.10 bits per heavy atom. The fourth-order valence-electron chi connectivity index (χ4n) is 2.33. The zero-order chi connectivity index (χ0) is 14.3. The van der Waals surface area contributed by atoms with Crippen molar-refractivity contribution in [3.8, 4) is 0 Å². The number of aliphatic hydroxyl groups is 1. The van der Waals surface area contributed by atoms with Gasteiger partial charge in [-0.15, -0.1) is 0 Å². The van der Waals surface area contributed by atoms with Gasteiger partial charge in [-0.25, -0.2) is 0 Å². The van der Waals surface area contributed by atoms with Gasteiger partial charge < -0.3 is 10.4 Å². The van der Waals surface area contributed by atoms with Crippen molar-refractivity contribution >= 4 is 45.8 Å². The number of fused-ring (bicyclic) bond motifs is 1. The first-order valence-electron chi connectivity index (χ1n) is 6.10. The number of carbonyl (C=O) groups excluding carboxylic acids is 1. The number of hydrogen-bond donors (Lipinski definition) is 2. The van der Waals surface area contributed by atoms with Gasteiger partial charge in [-0.2, -0.15) is 0 Å². The zero-order valence-electron chi connectivity index (χ0n) is 10.4. The van der Waals surface area contributed by atoms with Gasteiger partial charge >= 0.3 is 0 Å². The summed E-state index contributed by atoms with van der Waals surface area (Å²) in [5, 5.41) is 13.7. The number of amides is 1. The van der Waals surface area contributed by atoms with E-state index in [1.54, 1.807) is 12.1 Å². The molecule has 0 saturated carbocycles. The lowest BCUT2D eigenvalue weighted by atomic mass is 9.98. The van der Waals surface area contributed by atoms with Crippen LogP contribution in [0.4, 0.5) is 5.69 Å². The Morgan fingerprint density at radius 3 is 2.85 bits per heavy atom. The molecule has 5 heteroatoms. The second-order valence-corrected chi connectivity index (χ2v) is 6.37. The molecular weight excluding hydrogens is 389 g/mol. The predicted octanol–water partition coefficient (Wildman–Crippen LogP) is 3.52. The highest BCUT2D eigenvalue weighted by Gasteiger charge is 2.22. The third-order valence-corrected chi connectivity index (χ3v) is 4.30. The lowest BCUT2D eigenvalue weighted by Gasteiger charge is -2.15. The monoisotopic (exact) mass is 399 g/mol. The molecule has 0 saturated heterocycles. The van der Waals surface area contributed by atoms with Crippen LogP contribution in [0.3, 0.4) is 0 Å². The molecule has 2 aromatic carbocycles. The van der Waals surface area contributed by atoms with Crippen LogP contribution in [0.1, 0.15) is 22.8 Å². The van der Waals surface area contributed by atoms with E-state index in [2.05, 4.69) is 27.9 Å². The molecule has 0 spiro atoms. The Kier molecular flexibility index (Phi) is 3.70. The first-order chi connectivity index (χ1) is 9.54. The number of hydrogen-bond acceptors (Lipinski definition) is 2. The van der Waals surface area contributed by atoms with Crippen molar-refractivity contribution in [3.05, 3.63) is 61.7 Å². The van der Waals surface area contributed by atoms with E-state index in [1.165, 1.54) is 0 Å². The fraction of sp³-hybridized carbons (Fsp3) is 0.133. The molecule has 1 unspecified atom stereocenters. The summed E-state index contributed by atoms with van der Waals surface area (Å²) in [6.45, 7) is 0. The SMILES string of the molecule is O=C1Cc2cc(C(O)c3cccc(I)c3)c(Cl)cc2N1. The van der Waals surface area contributed by atoms with E-state index >= 15 is 0 Å². The van der Waals surface area contributed by atoms with Crippen molar-refractivity contribution in [1.29, 1.82) is 0 Å². The Labute approximate surface area is 135 Å². The summed E-state index contributed by atoms with van der Waals surface area (Å²) < 4.78 is 1.05. The molecule has 3 rings (SSSR count). The van der Waals surface area contributed by atoms with E-state index in [0.29, 0.717) is 17.0 Å². The molecule has 0 aliphatic carbocycles. The summed E-state index contributed by atoms with van der Waals surface area (Å²) >= 11 is 8.43. The number of halogens is 2. The molecule has 2 aromatic rings. The maximum absolute atomic E-state index is 11.4. The number of carbonyl (C=O) groups is 1. The van der Waals surface area contributed by atoms with Gasteiger partial charge in [0, 0.05) is 19.8 Å². The van der Waals surface area contributed by atoms with Gasteiger partial charge in [0.15, 0.2) is 0 Å². The number of benzene rings is 2. The molecule has 1 atom stereocenters. The summed E-state index contributed by atoms with van der Waals surface area (Å²) in [5.74, 6) is -0.0445. The van der Waals surface area contributed by atoms with Gasteiger partial charge in [-0.3, -0.25) is 4.79 Å². The number of nitrogens with one attached hydrogen (secondary N) is 1. The third kappa shape index (κ3) is 2.55. The number of anilines is 1. The molecule has 1 aliphatic heterocycles. The molecule has 0 fully saturated rings. The lowest BCUT2D eigenvalue weighted by molar-refractivity contribution is -0.115. The maximum Gasteiger partial charge on any atom is 0.228 e. The van der Waals surface area contributed by atoms with Crippen LogP contribution in [0.2, 0.25) is 5.02 Å². The van der Waals surface area contributed by atoms with E-state index in [0.717, 1.165) is 20.4 Å². The average Bonchev–Trinajstić information content (AvgIpc) is 2.76. The predicted molar refractivity (Wildman–Crippen MR) is 87.0 cm³/mol. The summed E-state index contributed by atoms with van der Waals surface area (Å²) in [5.41, 5.74) is 3.03. The molecule has 1 amide bonds. The van der Waals surface area contributed by atoms with E-state index in [1.807, 2.05) is 24.3 Å². The molecule has 102 valence electrons. The van der Waals surface area contributed by atoms with E-state index in [4.69, 9.17) is 11.6 Å². The molecule has 0 radical (unpaired) electrons. The molecular formula is C15H11ClINO2. The minimum Gasteiger partial charge on any atom is -0.384 e. The summed E-state index contributed by atoms with van der Waals surface area (Å²) in [6, 6.07) is 11.1. The van der Waals surface area contributed by atoms with Gasteiger partial charge in [0.1, 0.15) is 6.10 Å². The van der Waals surface area contributed by atoms with Gasteiger partial charge in [0.05, 0.1) is 6.42 Å². The van der Waals surface area contributed by atoms with Gasteiger partial charge in [0.25, 0.3) is 0 Å². The van der Waals surface area contributed by atoms with Crippen molar-refractivity contribution in [2.24, 2.45) is 0 Å². The number of rotatable bonds is 2. The average molecular weight is 400 g/mol. The van der Waals surface area contributed by atoms with Crippen molar-refractivity contribution < 1.29 is 9.90 Å². The standard InChI is InChI=1S/C15H11ClINO2/c16-12-7-13-9(6-14(19)18-13)5-11(12)15(20)8-2-1-3-10(17)4-8/h1-5,7,15,20H,6H2,(H,18,19). The van der Waals surface area contributed by atoms with Crippen LogP contribution in [0.5, 0.6) is 0 Å². The van der Waals surface area contributed by atoms with Crippen LogP contribution >= 0.6 is 34.2 Å². The molecule has 1 heterocycles. The van der Waals surface area contributed by atoms with Crippen LogP contribution in [-0.2, 0) is 11.2 Å². The van der Waals surface area contributed by atoms with Gasteiger partial charge in [-0.1, -0.05) is 23.7 Å². The second-order valence-electron chi connectivity index (χ2n) is 4.71. The second kappa shape index (κ2) is 5.35. The molecule has 20 heavy (non-hydrogen) atoms. The van der Waals surface area contributed by atoms with Crippen LogP contribution in [0, 0.1) is 3.57 Å². The van der Waals surface area contributed by atoms with E-state index in [9.17, 15) is 9.90 Å². The van der Waals surface area contributed by atoms with Crippen molar-refractivity contribution in [2.75, 3.05) is 5.32 Å². The summed E-state index contributed by atoms with van der Waals surface area (Å²) in [4.78, 5) is 11.4. The van der Waals surface area contributed by atoms with Crippen LogP contribution < -0.4 is 5.32 Å². The smallest absolute Gasteiger partial charge is 0.228 e. The Hall–Kier alpha value is -1.11. The summed E-state index contributed by atoms with van der Waals surface area (Å²) in [7, 11) is 0. The highest BCUT2D eigenvalue weighted by Crippen LogP contribution is 2.35. The minimum atomic E-state index is -0.793. The normalized spacial score (nSPS) is 14.8. The topological polar surface area (TPSA) is 49.3 Å². The van der Waals surface area contributed by atoms with Gasteiger partial charge in [0.2, 0.25) is 5.91 Å². The number of aliphatic hydroxyl groups excluding tert-OH is 1. The Balaban J connectivity index is 2.02. The van der Waals surface area contributed by atoms with E-state index in [-0.39, 0.29) is 5.91 Å². The van der Waals surface area contributed by atoms with Crippen molar-refractivity contribution in [3.63, 3.8) is 0 Å². The Morgan fingerprint density at radius 1 is 1.30 bits per heavy atom. The largest absolute Gasteiger partial charge is 0.384 e. The molecule has 1 aliphatic rings. The fourth-order valence-corrected chi connectivity index (χ4v) is 3.17. The first kappa shape index (κ1) is 13.9. The molecule has 0 aromatic heterocycles. The lowest BCUT2D eigenvalue weighted by Crippen LogP contribution is -2.03. The van der Waals surface area contributed by atoms with Crippen LogP contribution in [-0.4, -0.2) is 11.0 Å². The van der Waals surface area contributed by atoms with Crippen molar-refractivity contribution in [1.82, 2.24) is 0 Å². The summed E-state index contributed by atoms with van der Waals surface area (Å²) in [6.07, 6.45) is -0.461. The van der Waals surface area contributed by atoms with Crippen LogP contribution in [0.25, 0.3) is 0 Å². The Bertz CT molecular complexity index is 702. The maximum atomic E-state index is 11.4. The highest BCUT2D eigenvalue weighted by atomic mass is 127. The first-order valence-corrected chi connectivity index (χ1v) is 7.56. The third-order valence-electron chi connectivity index (χ3n) is 3.31. The van der Waals surface area contributed by atoms with Crippen LogP contribution in [0.15, 0.2) is 36.4 Å². The zero-order valence-corrected chi connectivity index (χ0v) is 13.3. The van der Waals surface area contributed by atoms with Gasteiger partial charge in [-0.05, 0) is 58.0 Å². The minimum absolute atomic E-state index is 0.0445.